The van der Waals surface area contributed by atoms with Gasteiger partial charge in [0.15, 0.2) is 0 Å². The van der Waals surface area contributed by atoms with Crippen LogP contribution < -0.4 is 0 Å². The van der Waals surface area contributed by atoms with E-state index in [4.69, 9.17) is 11.6 Å². The number of hydrogen-bond acceptors (Lipinski definition) is 2. The lowest BCUT2D eigenvalue weighted by atomic mass is 9.76. The van der Waals surface area contributed by atoms with E-state index < -0.39 is 0 Å². The molecule has 3 aromatic rings. The molecule has 100 valence electrons. The Hall–Kier alpha value is -1.09. The van der Waals surface area contributed by atoms with Crippen molar-refractivity contribution < 1.29 is 0 Å². The van der Waals surface area contributed by atoms with E-state index in [-0.39, 0.29) is 5.41 Å². The van der Waals surface area contributed by atoms with Crippen LogP contribution in [0.4, 0.5) is 0 Å². The third kappa shape index (κ3) is 1.72. The van der Waals surface area contributed by atoms with Crippen molar-refractivity contribution in [3.05, 3.63) is 68.9 Å². The highest BCUT2D eigenvalue weighted by Gasteiger charge is 2.41. The van der Waals surface area contributed by atoms with Crippen LogP contribution in [0, 0.1) is 0 Å². The van der Waals surface area contributed by atoms with E-state index in [1.54, 1.807) is 0 Å². The summed E-state index contributed by atoms with van der Waals surface area (Å²) in [7, 11) is 0. The first kappa shape index (κ1) is 12.6. The summed E-state index contributed by atoms with van der Waals surface area (Å²) in [5, 5.41) is 5.23. The first-order valence-electron chi connectivity index (χ1n) is 6.59. The minimum atomic E-state index is 0.0957. The second kappa shape index (κ2) is 4.45. The van der Waals surface area contributed by atoms with Gasteiger partial charge in [0.1, 0.15) is 0 Å². The zero-order valence-electron chi connectivity index (χ0n) is 11.0. The topological polar surface area (TPSA) is 0 Å². The summed E-state index contributed by atoms with van der Waals surface area (Å²) in [6.07, 6.45) is 1.03. The Morgan fingerprint density at radius 2 is 1.45 bits per heavy atom. The quantitative estimate of drug-likeness (QED) is 0.544. The molecule has 0 radical (unpaired) electrons. The predicted molar refractivity (Wildman–Crippen MR) is 89.2 cm³/mol. The van der Waals surface area contributed by atoms with Gasteiger partial charge in [-0.1, -0.05) is 30.7 Å². The molecular formula is C17H13ClS2. The van der Waals surface area contributed by atoms with Crippen molar-refractivity contribution >= 4 is 34.3 Å². The van der Waals surface area contributed by atoms with E-state index in [1.807, 2.05) is 34.8 Å². The van der Waals surface area contributed by atoms with Gasteiger partial charge in [-0.2, -0.15) is 0 Å². The van der Waals surface area contributed by atoms with Crippen LogP contribution in [0.3, 0.4) is 0 Å². The fourth-order valence-corrected chi connectivity index (χ4v) is 5.55. The third-order valence-electron chi connectivity index (χ3n) is 4.20. The van der Waals surface area contributed by atoms with E-state index in [9.17, 15) is 0 Å². The lowest BCUT2D eigenvalue weighted by Crippen LogP contribution is -2.23. The van der Waals surface area contributed by atoms with Gasteiger partial charge >= 0.3 is 0 Å². The Morgan fingerprint density at radius 3 is 2.00 bits per heavy atom. The van der Waals surface area contributed by atoms with E-state index in [1.165, 1.54) is 26.4 Å². The molecule has 1 aromatic carbocycles. The minimum absolute atomic E-state index is 0.0957. The molecule has 1 aliphatic carbocycles. The Labute approximate surface area is 131 Å². The largest absolute Gasteiger partial charge is 0.143 e. The number of halogens is 1. The smallest absolute Gasteiger partial charge is 0.0486 e. The van der Waals surface area contributed by atoms with E-state index in [0.29, 0.717) is 0 Å². The maximum absolute atomic E-state index is 5.99. The van der Waals surface area contributed by atoms with Gasteiger partial charge in [-0.3, -0.25) is 0 Å². The van der Waals surface area contributed by atoms with Gasteiger partial charge in [0.2, 0.25) is 0 Å². The molecule has 3 heteroatoms. The molecule has 0 saturated heterocycles. The van der Waals surface area contributed by atoms with Crippen molar-refractivity contribution in [2.45, 2.75) is 18.8 Å². The van der Waals surface area contributed by atoms with Gasteiger partial charge < -0.3 is 0 Å². The molecule has 0 atom stereocenters. The zero-order valence-corrected chi connectivity index (χ0v) is 13.4. The van der Waals surface area contributed by atoms with Crippen LogP contribution in [-0.4, -0.2) is 0 Å². The standard InChI is InChI=1S/C17H13ClS2/c1-17(10-11-2-4-12(18)5-3-11)13-6-8-19-15(13)16-14(17)7-9-20-16/h2-9H,10H2,1H3. The number of fused-ring (bicyclic) bond motifs is 3. The van der Waals surface area contributed by atoms with E-state index >= 15 is 0 Å². The molecule has 0 aliphatic heterocycles. The van der Waals surface area contributed by atoms with E-state index in [2.05, 4.69) is 41.9 Å². The molecule has 0 fully saturated rings. The van der Waals surface area contributed by atoms with Gasteiger partial charge in [0.25, 0.3) is 0 Å². The molecule has 2 heterocycles. The third-order valence-corrected chi connectivity index (χ3v) is 6.44. The Morgan fingerprint density at radius 1 is 0.900 bits per heavy atom. The average Bonchev–Trinajstić information content (AvgIpc) is 3.11. The van der Waals surface area contributed by atoms with Gasteiger partial charge in [0, 0.05) is 20.2 Å². The maximum Gasteiger partial charge on any atom is 0.0486 e. The molecule has 0 spiro atoms. The van der Waals surface area contributed by atoms with Crippen molar-refractivity contribution in [1.29, 1.82) is 0 Å². The lowest BCUT2D eigenvalue weighted by molar-refractivity contribution is 0.585. The van der Waals surface area contributed by atoms with Crippen molar-refractivity contribution in [2.75, 3.05) is 0 Å². The van der Waals surface area contributed by atoms with Gasteiger partial charge in [-0.05, 0) is 58.1 Å². The molecule has 0 unspecified atom stereocenters. The van der Waals surface area contributed by atoms with Crippen LogP contribution in [0.5, 0.6) is 0 Å². The molecule has 0 nitrogen and oxygen atoms in total. The first-order chi connectivity index (χ1) is 9.68. The molecule has 0 amide bonds. The highest BCUT2D eigenvalue weighted by atomic mass is 35.5. The highest BCUT2D eigenvalue weighted by Crippen LogP contribution is 2.54. The molecule has 1 aliphatic rings. The molecule has 4 rings (SSSR count). The summed E-state index contributed by atoms with van der Waals surface area (Å²) in [6, 6.07) is 12.8. The van der Waals surface area contributed by atoms with Crippen LogP contribution in [-0.2, 0) is 11.8 Å². The monoisotopic (exact) mass is 316 g/mol. The SMILES string of the molecule is CC1(Cc2ccc(Cl)cc2)c2ccsc2-c2sccc21. The Bertz CT molecular complexity index is 724. The maximum atomic E-state index is 5.99. The van der Waals surface area contributed by atoms with Crippen molar-refractivity contribution in [3.8, 4) is 9.75 Å². The number of benzene rings is 1. The number of rotatable bonds is 2. The summed E-state index contributed by atoms with van der Waals surface area (Å²) >= 11 is 9.72. The van der Waals surface area contributed by atoms with Gasteiger partial charge in [0.05, 0.1) is 0 Å². The molecular weight excluding hydrogens is 304 g/mol. The second-order valence-electron chi connectivity index (χ2n) is 5.46. The second-order valence-corrected chi connectivity index (χ2v) is 7.73. The Kier molecular flexibility index (Phi) is 2.81. The van der Waals surface area contributed by atoms with Crippen molar-refractivity contribution in [1.82, 2.24) is 0 Å². The molecule has 0 saturated carbocycles. The Balaban J connectivity index is 1.83. The van der Waals surface area contributed by atoms with Crippen LogP contribution in [0.15, 0.2) is 47.2 Å². The minimum Gasteiger partial charge on any atom is -0.143 e. The van der Waals surface area contributed by atoms with Gasteiger partial charge in [-0.15, -0.1) is 22.7 Å². The zero-order chi connectivity index (χ0) is 13.7. The first-order valence-corrected chi connectivity index (χ1v) is 8.73. The van der Waals surface area contributed by atoms with Crippen LogP contribution >= 0.6 is 34.3 Å². The normalized spacial score (nSPS) is 15.1. The predicted octanol–water partition coefficient (Wildman–Crippen LogP) is 5.99. The van der Waals surface area contributed by atoms with Crippen molar-refractivity contribution in [2.24, 2.45) is 0 Å². The van der Waals surface area contributed by atoms with Crippen LogP contribution in [0.2, 0.25) is 5.02 Å². The molecule has 2 aromatic heterocycles. The summed E-state index contributed by atoms with van der Waals surface area (Å²) in [6.45, 7) is 2.37. The van der Waals surface area contributed by atoms with Crippen LogP contribution in [0.25, 0.3) is 9.75 Å². The fourth-order valence-electron chi connectivity index (χ4n) is 3.19. The molecule has 20 heavy (non-hydrogen) atoms. The summed E-state index contributed by atoms with van der Waals surface area (Å²) in [5.74, 6) is 0. The van der Waals surface area contributed by atoms with Crippen LogP contribution in [0.1, 0.15) is 23.6 Å². The van der Waals surface area contributed by atoms with E-state index in [0.717, 1.165) is 11.4 Å². The lowest BCUT2D eigenvalue weighted by Gasteiger charge is -2.26. The summed E-state index contributed by atoms with van der Waals surface area (Å²) < 4.78 is 0. The number of hydrogen-bond donors (Lipinski definition) is 0. The van der Waals surface area contributed by atoms with Crippen molar-refractivity contribution in [3.63, 3.8) is 0 Å². The average molecular weight is 317 g/mol. The number of thiophene rings is 2. The van der Waals surface area contributed by atoms with Gasteiger partial charge in [-0.25, -0.2) is 0 Å². The fraction of sp³-hybridized carbons (Fsp3) is 0.176. The summed E-state index contributed by atoms with van der Waals surface area (Å²) in [5.41, 5.74) is 4.41. The highest BCUT2D eigenvalue weighted by molar-refractivity contribution is 7.21. The molecule has 0 bridgehead atoms. The summed E-state index contributed by atoms with van der Waals surface area (Å²) in [4.78, 5) is 2.93. The molecule has 0 N–H and O–H groups in total.